The van der Waals surface area contributed by atoms with Gasteiger partial charge in [0.1, 0.15) is 0 Å². The van der Waals surface area contributed by atoms with Gasteiger partial charge in [-0.3, -0.25) is 0 Å². The predicted octanol–water partition coefficient (Wildman–Crippen LogP) is -12.4. The van der Waals surface area contributed by atoms with E-state index < -0.39 is 0 Å². The first kappa shape index (κ1) is 75.0. The van der Waals surface area contributed by atoms with Crippen LogP contribution in [0.15, 0.2) is 0 Å². The van der Waals surface area contributed by atoms with Crippen LogP contribution in [-0.4, -0.2) is 0 Å². The minimum absolute atomic E-state index is 0. The maximum absolute atomic E-state index is 8.24. The molecule has 19 heteroatoms. The topological polar surface area (TPSA) is 375 Å². The summed E-state index contributed by atoms with van der Waals surface area (Å²) in [6.07, 6.45) is 4.00. The molecule has 0 bridgehead atoms. The maximum Gasteiger partial charge on any atom is 5.00 e. The second-order valence-electron chi connectivity index (χ2n) is 0.730. The molecule has 0 aromatic heterocycles. The summed E-state index contributed by atoms with van der Waals surface area (Å²) in [5.41, 5.74) is 0. The molecule has 27 heavy (non-hydrogen) atoms. The van der Waals surface area contributed by atoms with Gasteiger partial charge in [-0.05, 0) is 0 Å². The fraction of sp³-hybridized carbons (Fsp3) is 0. The van der Waals surface area contributed by atoms with Crippen molar-refractivity contribution in [3.63, 3.8) is 0 Å². The largest absolute Gasteiger partial charge is 5.00 e. The summed E-state index contributed by atoms with van der Waals surface area (Å²) in [6.45, 7) is 0. The molecule has 0 spiro atoms. The number of hydrogen-bond donors (Lipinski definition) is 0. The van der Waals surface area contributed by atoms with Crippen molar-refractivity contribution < 1.29 is 128 Å². The molecule has 0 radical (unpaired) electrons. The molecule has 0 atom stereocenters. The second kappa shape index (κ2) is 438. The summed E-state index contributed by atoms with van der Waals surface area (Å²) in [5, 5.41) is 120. The van der Waals surface area contributed by atoms with Crippen LogP contribution in [-0.2, 0) is 35.6 Å². The molecule has 0 saturated carbocycles. The van der Waals surface area contributed by atoms with Crippen LogP contribution in [0.25, 0.3) is 0 Å². The van der Waals surface area contributed by atoms with E-state index >= 15 is 0 Å². The van der Waals surface area contributed by atoms with Crippen molar-refractivity contribution in [1.29, 1.82) is 42.1 Å². The Morgan fingerprint density at radius 3 is 0.333 bits per heavy atom. The van der Waals surface area contributed by atoms with Crippen LogP contribution in [0.2, 0.25) is 0 Å². The standard InChI is InChI=1S/8CHNO.Fe.K.V/c8*2-1-3;;;/h8*3H;;;/q;;;;;;;;+2;+1;+5/p-8. The quantitative estimate of drug-likeness (QED) is 0.228. The van der Waals surface area contributed by atoms with E-state index in [1.807, 2.05) is 0 Å². The molecule has 0 amide bonds. The normalized spacial score (nSPS) is 2.07. The van der Waals surface area contributed by atoms with Crippen LogP contribution in [0.3, 0.4) is 0 Å². The van der Waals surface area contributed by atoms with E-state index in [2.05, 4.69) is 0 Å². The van der Waals surface area contributed by atoms with Gasteiger partial charge in [0, 0.05) is 50.0 Å². The van der Waals surface area contributed by atoms with E-state index in [0.717, 1.165) is 0 Å². The summed E-state index contributed by atoms with van der Waals surface area (Å²) in [5.74, 6) is 0. The molecule has 0 aliphatic carbocycles. The van der Waals surface area contributed by atoms with Gasteiger partial charge in [0.25, 0.3) is 0 Å². The summed E-state index contributed by atoms with van der Waals surface area (Å²) in [6, 6.07) is 0. The number of nitriles is 8. The molecule has 0 saturated heterocycles. The molecular weight excluding hydrogens is 482 g/mol. The SMILES string of the molecule is N#C[O-].N#C[O-].N#C[O-].N#C[O-].N#C[O-].N#C[O-].N#C[O-].N#C[O-].[Fe+2].[K+].[V+5]. The first-order valence-corrected chi connectivity index (χ1v) is 3.42. The Morgan fingerprint density at radius 2 is 0.333 bits per heavy atom. The van der Waals surface area contributed by atoms with Crippen molar-refractivity contribution in [2.75, 3.05) is 0 Å². The molecule has 0 aliphatic rings. The van der Waals surface area contributed by atoms with Crippen molar-refractivity contribution >= 4 is 0 Å². The fourth-order valence-corrected chi connectivity index (χ4v) is 0. The van der Waals surface area contributed by atoms with Crippen molar-refractivity contribution in [1.82, 2.24) is 0 Å². The van der Waals surface area contributed by atoms with Gasteiger partial charge in [-0.1, -0.05) is 0 Å². The Kier molecular flexibility index (Phi) is 1220. The molecular formula is C8FeKN8O8V. The van der Waals surface area contributed by atoms with E-state index in [4.69, 9.17) is 82.9 Å². The third-order valence-electron chi connectivity index (χ3n) is 0. The van der Waals surface area contributed by atoms with Crippen LogP contribution >= 0.6 is 0 Å². The number of rotatable bonds is 0. The minimum Gasteiger partial charge on any atom is -0.812 e. The van der Waals surface area contributed by atoms with Gasteiger partial charge in [0.2, 0.25) is 0 Å². The smallest absolute Gasteiger partial charge is 0.812 e. The van der Waals surface area contributed by atoms with Gasteiger partial charge < -0.3 is 40.9 Å². The van der Waals surface area contributed by atoms with Crippen molar-refractivity contribution in [2.24, 2.45) is 0 Å². The van der Waals surface area contributed by atoms with Gasteiger partial charge in [0.05, 0.1) is 0 Å². The van der Waals surface area contributed by atoms with Crippen LogP contribution in [0.5, 0.6) is 0 Å². The summed E-state index contributed by atoms with van der Waals surface area (Å²) in [4.78, 5) is 0. The first-order valence-electron chi connectivity index (χ1n) is 3.42. The van der Waals surface area contributed by atoms with E-state index in [0.29, 0.717) is 50.0 Å². The summed E-state index contributed by atoms with van der Waals surface area (Å²) >= 11 is 0. The van der Waals surface area contributed by atoms with Crippen LogP contribution in [0.1, 0.15) is 0 Å². The zero-order valence-corrected chi connectivity index (χ0v) is 18.3. The molecule has 0 fully saturated rings. The van der Waals surface area contributed by atoms with Gasteiger partial charge in [-0.15, -0.1) is 0 Å². The molecule has 0 heterocycles. The van der Waals surface area contributed by atoms with Crippen LogP contribution in [0.4, 0.5) is 0 Å². The minimum atomic E-state index is 0. The fourth-order valence-electron chi connectivity index (χ4n) is 0. The number of hydrogen-bond acceptors (Lipinski definition) is 16. The third kappa shape index (κ3) is 1180. The van der Waals surface area contributed by atoms with Crippen molar-refractivity contribution in [2.45, 2.75) is 0 Å². The Bertz CT molecular complexity index is 372. The van der Waals surface area contributed by atoms with E-state index in [1.165, 1.54) is 0 Å². The predicted molar refractivity (Wildman–Crippen MR) is 44.9 cm³/mol. The molecule has 0 aliphatic heterocycles. The molecule has 0 aromatic carbocycles. The third-order valence-corrected chi connectivity index (χ3v) is 0. The van der Waals surface area contributed by atoms with Gasteiger partial charge >= 0.3 is 87.0 Å². The monoisotopic (exact) mass is 482 g/mol. The average Bonchev–Trinajstić information content (AvgIpc) is 2.45. The van der Waals surface area contributed by atoms with Crippen LogP contribution < -0.4 is 92.2 Å². The Balaban J connectivity index is -0.0000000119. The molecule has 0 N–H and O–H groups in total. The molecule has 16 nitrogen and oxygen atoms in total. The maximum atomic E-state index is 8.24. The van der Waals surface area contributed by atoms with Gasteiger partial charge in [-0.2, -0.15) is 0 Å². The number of nitrogens with zero attached hydrogens (tertiary/aromatic N) is 8. The second-order valence-corrected chi connectivity index (χ2v) is 0.730. The summed E-state index contributed by atoms with van der Waals surface area (Å²) in [7, 11) is 0. The van der Waals surface area contributed by atoms with Gasteiger partial charge in [0.15, 0.2) is 0 Å². The molecule has 134 valence electrons. The van der Waals surface area contributed by atoms with E-state index in [9.17, 15) is 0 Å². The van der Waals surface area contributed by atoms with Crippen LogP contribution in [0, 0.1) is 92.1 Å². The average molecular weight is 482 g/mol. The van der Waals surface area contributed by atoms with Gasteiger partial charge in [-0.25, -0.2) is 42.1 Å². The zero-order valence-electron chi connectivity index (χ0n) is 12.6. The summed E-state index contributed by atoms with van der Waals surface area (Å²) < 4.78 is 0. The Morgan fingerprint density at radius 1 is 0.333 bits per heavy atom. The Hall–Kier alpha value is -2.94. The van der Waals surface area contributed by atoms with Crippen molar-refractivity contribution in [3.8, 4) is 50.0 Å². The molecule has 0 rings (SSSR count). The molecule has 0 unspecified atom stereocenters. The zero-order chi connectivity index (χ0) is 21.7. The Labute approximate surface area is 217 Å². The van der Waals surface area contributed by atoms with Crippen molar-refractivity contribution in [3.05, 3.63) is 0 Å². The molecule has 0 aromatic rings. The van der Waals surface area contributed by atoms with E-state index in [1.54, 1.807) is 0 Å². The first-order chi connectivity index (χ1) is 11.3. The van der Waals surface area contributed by atoms with E-state index in [-0.39, 0.29) is 87.0 Å².